The Kier molecular flexibility index (Phi) is 2.69. The molecule has 1 aliphatic rings. The van der Waals surface area contributed by atoms with Crippen molar-refractivity contribution in [2.75, 3.05) is 0 Å². The van der Waals surface area contributed by atoms with Crippen LogP contribution in [0.2, 0.25) is 0 Å². The highest BCUT2D eigenvalue weighted by atomic mass is 16.1. The van der Waals surface area contributed by atoms with Crippen LogP contribution in [0.5, 0.6) is 0 Å². The number of Topliss-reactive ketones (excluding diaryl/α,β-unsaturated/α-hetero) is 1. The average Bonchev–Trinajstić information content (AvgIpc) is 2.32. The molecule has 1 rings (SSSR count). The van der Waals surface area contributed by atoms with Gasteiger partial charge in [-0.05, 0) is 31.6 Å². The third kappa shape index (κ3) is 1.82. The molecular weight excluding hydrogens is 136 g/mol. The molecule has 0 amide bonds. The van der Waals surface area contributed by atoms with E-state index in [1.54, 1.807) is 6.92 Å². The van der Waals surface area contributed by atoms with Gasteiger partial charge >= 0.3 is 0 Å². The Morgan fingerprint density at radius 1 is 1.36 bits per heavy atom. The monoisotopic (exact) mass is 154 g/mol. The second-order valence-corrected chi connectivity index (χ2v) is 4.06. The van der Waals surface area contributed by atoms with Crippen LogP contribution in [0.25, 0.3) is 0 Å². The normalized spacial score (nSPS) is 31.3. The van der Waals surface area contributed by atoms with Gasteiger partial charge in [0.25, 0.3) is 0 Å². The number of ketones is 1. The predicted octanol–water partition coefficient (Wildman–Crippen LogP) is 2.65. The van der Waals surface area contributed by atoms with Gasteiger partial charge in [0.1, 0.15) is 5.78 Å². The van der Waals surface area contributed by atoms with E-state index in [0.29, 0.717) is 23.5 Å². The van der Waals surface area contributed by atoms with E-state index in [9.17, 15) is 4.79 Å². The maximum absolute atomic E-state index is 11.2. The highest BCUT2D eigenvalue weighted by Crippen LogP contribution is 2.37. The molecule has 0 N–H and O–H groups in total. The maximum Gasteiger partial charge on any atom is 0.133 e. The summed E-state index contributed by atoms with van der Waals surface area (Å²) >= 11 is 0. The van der Waals surface area contributed by atoms with Crippen LogP contribution in [0.4, 0.5) is 0 Å². The summed E-state index contributed by atoms with van der Waals surface area (Å²) in [5.74, 6) is 2.15. The summed E-state index contributed by atoms with van der Waals surface area (Å²) in [5, 5.41) is 0. The molecule has 11 heavy (non-hydrogen) atoms. The first-order chi connectivity index (χ1) is 5.13. The Balaban J connectivity index is 2.58. The molecular formula is C10H18O. The van der Waals surface area contributed by atoms with Crippen LogP contribution in [-0.4, -0.2) is 5.78 Å². The van der Waals surface area contributed by atoms with Crippen molar-refractivity contribution in [3.8, 4) is 0 Å². The second-order valence-electron chi connectivity index (χ2n) is 4.06. The van der Waals surface area contributed by atoms with Gasteiger partial charge in [0, 0.05) is 5.92 Å². The average molecular weight is 154 g/mol. The summed E-state index contributed by atoms with van der Waals surface area (Å²) in [5.41, 5.74) is 0. The summed E-state index contributed by atoms with van der Waals surface area (Å²) in [4.78, 5) is 11.2. The van der Waals surface area contributed by atoms with Crippen molar-refractivity contribution in [1.29, 1.82) is 0 Å². The first-order valence-electron chi connectivity index (χ1n) is 4.63. The van der Waals surface area contributed by atoms with Gasteiger partial charge in [0.2, 0.25) is 0 Å². The molecule has 0 spiro atoms. The number of hydrogen-bond donors (Lipinski definition) is 0. The zero-order chi connectivity index (χ0) is 8.43. The number of hydrogen-bond acceptors (Lipinski definition) is 1. The Morgan fingerprint density at radius 3 is 2.36 bits per heavy atom. The molecule has 0 saturated heterocycles. The van der Waals surface area contributed by atoms with Crippen LogP contribution >= 0.6 is 0 Å². The molecule has 0 heterocycles. The van der Waals surface area contributed by atoms with E-state index in [1.807, 2.05) is 0 Å². The fourth-order valence-corrected chi connectivity index (χ4v) is 2.29. The molecule has 0 aromatic heterocycles. The second kappa shape index (κ2) is 3.38. The maximum atomic E-state index is 11.2. The van der Waals surface area contributed by atoms with Crippen molar-refractivity contribution in [3.63, 3.8) is 0 Å². The van der Waals surface area contributed by atoms with Crippen molar-refractivity contribution in [1.82, 2.24) is 0 Å². The number of rotatable bonds is 2. The minimum Gasteiger partial charge on any atom is -0.300 e. The first-order valence-corrected chi connectivity index (χ1v) is 4.63. The molecule has 1 saturated carbocycles. The smallest absolute Gasteiger partial charge is 0.133 e. The molecule has 2 atom stereocenters. The minimum atomic E-state index is 0.384. The molecule has 0 aliphatic heterocycles. The summed E-state index contributed by atoms with van der Waals surface area (Å²) < 4.78 is 0. The van der Waals surface area contributed by atoms with Crippen molar-refractivity contribution in [2.24, 2.45) is 17.8 Å². The van der Waals surface area contributed by atoms with E-state index in [0.717, 1.165) is 6.42 Å². The molecule has 1 aliphatic carbocycles. The van der Waals surface area contributed by atoms with Crippen LogP contribution in [0.3, 0.4) is 0 Å². The van der Waals surface area contributed by atoms with Crippen molar-refractivity contribution in [2.45, 2.75) is 40.0 Å². The first kappa shape index (κ1) is 8.76. The topological polar surface area (TPSA) is 17.1 Å². The quantitative estimate of drug-likeness (QED) is 0.597. The van der Waals surface area contributed by atoms with Crippen LogP contribution < -0.4 is 0 Å². The van der Waals surface area contributed by atoms with E-state index in [1.165, 1.54) is 12.8 Å². The van der Waals surface area contributed by atoms with Gasteiger partial charge in [-0.1, -0.05) is 20.3 Å². The van der Waals surface area contributed by atoms with Gasteiger partial charge in [-0.2, -0.15) is 0 Å². The number of carbonyl (C=O) groups is 1. The molecule has 0 aromatic carbocycles. The molecule has 1 heteroatoms. The largest absolute Gasteiger partial charge is 0.300 e. The van der Waals surface area contributed by atoms with Gasteiger partial charge in [-0.15, -0.1) is 0 Å². The molecule has 0 aromatic rings. The fraction of sp³-hybridized carbons (Fsp3) is 0.900. The van der Waals surface area contributed by atoms with Crippen molar-refractivity contribution >= 4 is 5.78 Å². The van der Waals surface area contributed by atoms with Gasteiger partial charge in [-0.25, -0.2) is 0 Å². The van der Waals surface area contributed by atoms with Gasteiger partial charge in [0.15, 0.2) is 0 Å². The van der Waals surface area contributed by atoms with Crippen LogP contribution in [0, 0.1) is 17.8 Å². The lowest BCUT2D eigenvalue weighted by Crippen LogP contribution is -2.20. The van der Waals surface area contributed by atoms with E-state index >= 15 is 0 Å². The highest BCUT2D eigenvalue weighted by molar-refractivity contribution is 5.78. The number of carbonyl (C=O) groups excluding carboxylic acids is 1. The minimum absolute atomic E-state index is 0.384. The Hall–Kier alpha value is -0.330. The lowest BCUT2D eigenvalue weighted by atomic mass is 9.84. The SMILES string of the molecule is CC(=O)C1CCCC1C(C)C. The Bertz CT molecular complexity index is 149. The van der Waals surface area contributed by atoms with E-state index in [-0.39, 0.29) is 0 Å². The lowest BCUT2D eigenvalue weighted by Gasteiger charge is -2.20. The van der Waals surface area contributed by atoms with E-state index in [2.05, 4.69) is 13.8 Å². The van der Waals surface area contributed by atoms with Crippen molar-refractivity contribution < 1.29 is 4.79 Å². The predicted molar refractivity (Wildman–Crippen MR) is 46.4 cm³/mol. The van der Waals surface area contributed by atoms with Gasteiger partial charge in [0.05, 0.1) is 0 Å². The summed E-state index contributed by atoms with van der Waals surface area (Å²) in [6.45, 7) is 6.20. The molecule has 1 nitrogen and oxygen atoms in total. The molecule has 0 radical (unpaired) electrons. The lowest BCUT2D eigenvalue weighted by molar-refractivity contribution is -0.122. The summed E-state index contributed by atoms with van der Waals surface area (Å²) in [6.07, 6.45) is 3.66. The highest BCUT2D eigenvalue weighted by Gasteiger charge is 2.32. The van der Waals surface area contributed by atoms with Crippen molar-refractivity contribution in [3.05, 3.63) is 0 Å². The molecule has 0 bridgehead atoms. The Morgan fingerprint density at radius 2 is 2.00 bits per heavy atom. The third-order valence-electron chi connectivity index (χ3n) is 2.95. The Labute approximate surface area is 69.2 Å². The van der Waals surface area contributed by atoms with Gasteiger partial charge in [-0.3, -0.25) is 4.79 Å². The van der Waals surface area contributed by atoms with E-state index in [4.69, 9.17) is 0 Å². The van der Waals surface area contributed by atoms with E-state index < -0.39 is 0 Å². The summed E-state index contributed by atoms with van der Waals surface area (Å²) in [7, 11) is 0. The van der Waals surface area contributed by atoms with Crippen LogP contribution in [0.15, 0.2) is 0 Å². The fourth-order valence-electron chi connectivity index (χ4n) is 2.29. The summed E-state index contributed by atoms with van der Waals surface area (Å²) in [6, 6.07) is 0. The molecule has 2 unspecified atom stereocenters. The standard InChI is InChI=1S/C10H18O/c1-7(2)9-5-4-6-10(9)8(3)11/h7,9-10H,4-6H2,1-3H3. The molecule has 64 valence electrons. The van der Waals surface area contributed by atoms with Crippen LogP contribution in [-0.2, 0) is 4.79 Å². The van der Waals surface area contributed by atoms with Gasteiger partial charge < -0.3 is 0 Å². The molecule has 1 fully saturated rings. The van der Waals surface area contributed by atoms with Crippen LogP contribution in [0.1, 0.15) is 40.0 Å². The zero-order valence-corrected chi connectivity index (χ0v) is 7.76. The zero-order valence-electron chi connectivity index (χ0n) is 7.76. The third-order valence-corrected chi connectivity index (χ3v) is 2.95.